The molecule has 5 atom stereocenters. The topological polar surface area (TPSA) is 79.2 Å². The quantitative estimate of drug-likeness (QED) is 0.444. The number of allylic oxidation sites excluding steroid dienone is 2. The smallest absolute Gasteiger partial charge is 0.303 e. The van der Waals surface area contributed by atoms with Crippen molar-refractivity contribution in [3.8, 4) is 0 Å². The van der Waals surface area contributed by atoms with Crippen LogP contribution in [-0.4, -0.2) is 76.8 Å². The summed E-state index contributed by atoms with van der Waals surface area (Å²) in [5.41, 5.74) is 0. The van der Waals surface area contributed by atoms with Crippen LogP contribution in [0.4, 0.5) is 0 Å². The summed E-state index contributed by atoms with van der Waals surface area (Å²) in [6.45, 7) is 2.87. The predicted octanol–water partition coefficient (Wildman–Crippen LogP) is 2.90. The number of unbranched alkanes of at least 4 members (excludes halogenated alkanes) is 1. The number of rotatable bonds is 9. The molecule has 28 heavy (non-hydrogen) atoms. The van der Waals surface area contributed by atoms with Gasteiger partial charge in [-0.15, -0.1) is 0 Å². The van der Waals surface area contributed by atoms with Crippen molar-refractivity contribution in [3.05, 3.63) is 12.2 Å². The van der Waals surface area contributed by atoms with Crippen molar-refractivity contribution in [2.24, 2.45) is 5.92 Å². The molecule has 0 aromatic heterocycles. The van der Waals surface area contributed by atoms with Crippen molar-refractivity contribution in [1.82, 2.24) is 4.90 Å². The van der Waals surface area contributed by atoms with Crippen molar-refractivity contribution in [3.63, 3.8) is 0 Å². The van der Waals surface area contributed by atoms with Gasteiger partial charge < -0.3 is 19.7 Å². The fourth-order valence-corrected chi connectivity index (χ4v) is 5.56. The maximum atomic E-state index is 10.8. The molecule has 1 saturated carbocycles. The fourth-order valence-electron chi connectivity index (χ4n) is 4.63. The van der Waals surface area contributed by atoms with Crippen LogP contribution < -0.4 is 0 Å². The summed E-state index contributed by atoms with van der Waals surface area (Å²) in [6, 6.07) is 0.227. The van der Waals surface area contributed by atoms with Gasteiger partial charge in [0.2, 0.25) is 0 Å². The molecule has 2 aliphatic heterocycles. The number of thioether (sulfide) groups is 1. The lowest BCUT2D eigenvalue weighted by Gasteiger charge is -2.39. The number of nitrogens with zero attached hydrogens (tertiary/aromatic N) is 1. The zero-order valence-corrected chi connectivity index (χ0v) is 17.5. The van der Waals surface area contributed by atoms with E-state index >= 15 is 0 Å². The predicted molar refractivity (Wildman–Crippen MR) is 111 cm³/mol. The number of ether oxygens (including phenoxy) is 2. The second kappa shape index (κ2) is 11.6. The van der Waals surface area contributed by atoms with Crippen LogP contribution in [0.15, 0.2) is 12.2 Å². The van der Waals surface area contributed by atoms with E-state index in [2.05, 4.69) is 17.1 Å². The van der Waals surface area contributed by atoms with Crippen molar-refractivity contribution in [2.45, 2.75) is 75.9 Å². The molecule has 2 saturated heterocycles. The third-order valence-corrected chi connectivity index (χ3v) is 7.00. The number of carbonyl (C=O) groups is 1. The molecule has 0 aromatic carbocycles. The van der Waals surface area contributed by atoms with Gasteiger partial charge in [-0.05, 0) is 38.5 Å². The maximum Gasteiger partial charge on any atom is 0.303 e. The van der Waals surface area contributed by atoms with Crippen LogP contribution in [0.25, 0.3) is 0 Å². The Morgan fingerprint density at radius 1 is 1.25 bits per heavy atom. The van der Waals surface area contributed by atoms with E-state index in [1.165, 1.54) is 0 Å². The van der Waals surface area contributed by atoms with E-state index < -0.39 is 5.97 Å². The van der Waals surface area contributed by atoms with E-state index in [1.807, 2.05) is 11.8 Å². The Balaban J connectivity index is 1.59. The van der Waals surface area contributed by atoms with Gasteiger partial charge in [-0.1, -0.05) is 12.2 Å². The molecule has 1 aliphatic carbocycles. The highest BCUT2D eigenvalue weighted by molar-refractivity contribution is 7.99. The largest absolute Gasteiger partial charge is 0.481 e. The Labute approximate surface area is 172 Å². The molecule has 5 unspecified atom stereocenters. The minimum atomic E-state index is -0.743. The number of carboxylic acids is 1. The molecule has 3 fully saturated rings. The number of aliphatic hydroxyl groups excluding tert-OH is 1. The minimum Gasteiger partial charge on any atom is -0.481 e. The molecule has 0 radical (unpaired) electrons. The molecule has 2 N–H and O–H groups in total. The van der Waals surface area contributed by atoms with Crippen molar-refractivity contribution < 1.29 is 24.5 Å². The summed E-state index contributed by atoms with van der Waals surface area (Å²) in [5, 5.41) is 19.5. The Morgan fingerprint density at radius 2 is 2.07 bits per heavy atom. The Bertz CT molecular complexity index is 505. The van der Waals surface area contributed by atoms with Crippen molar-refractivity contribution in [2.75, 3.05) is 31.2 Å². The maximum absolute atomic E-state index is 10.8. The van der Waals surface area contributed by atoms with Crippen LogP contribution >= 0.6 is 11.8 Å². The molecule has 0 aromatic rings. The van der Waals surface area contributed by atoms with E-state index in [-0.39, 0.29) is 36.9 Å². The van der Waals surface area contributed by atoms with E-state index in [1.54, 1.807) is 0 Å². The molecule has 0 bridgehead atoms. The first kappa shape index (κ1) is 22.1. The third-order valence-electron chi connectivity index (χ3n) is 6.06. The van der Waals surface area contributed by atoms with Crippen LogP contribution in [0.1, 0.15) is 51.4 Å². The van der Waals surface area contributed by atoms with E-state index in [9.17, 15) is 9.90 Å². The monoisotopic (exact) mass is 413 g/mol. The average Bonchev–Trinajstić information content (AvgIpc) is 3.00. The fraction of sp³-hybridized carbons (Fsp3) is 0.857. The lowest BCUT2D eigenvalue weighted by Crippen LogP contribution is -2.50. The normalized spacial score (nSPS) is 34.8. The van der Waals surface area contributed by atoms with E-state index in [4.69, 9.17) is 14.6 Å². The summed E-state index contributed by atoms with van der Waals surface area (Å²) in [5.74, 6) is 1.69. The van der Waals surface area contributed by atoms with Gasteiger partial charge in [0.25, 0.3) is 0 Å². The number of aliphatic carboxylic acids is 1. The van der Waals surface area contributed by atoms with Gasteiger partial charge in [0.1, 0.15) is 0 Å². The van der Waals surface area contributed by atoms with Crippen molar-refractivity contribution in [1.29, 1.82) is 0 Å². The summed E-state index contributed by atoms with van der Waals surface area (Å²) in [4.78, 5) is 13.1. The van der Waals surface area contributed by atoms with Gasteiger partial charge in [-0.2, -0.15) is 11.8 Å². The van der Waals surface area contributed by atoms with Gasteiger partial charge in [-0.3, -0.25) is 9.69 Å². The third kappa shape index (κ3) is 6.46. The lowest BCUT2D eigenvalue weighted by molar-refractivity contribution is -0.197. The molecule has 160 valence electrons. The molecule has 0 amide bonds. The van der Waals surface area contributed by atoms with E-state index in [0.29, 0.717) is 12.8 Å². The highest BCUT2D eigenvalue weighted by atomic mass is 32.2. The van der Waals surface area contributed by atoms with Gasteiger partial charge in [0.15, 0.2) is 6.29 Å². The van der Waals surface area contributed by atoms with Crippen LogP contribution in [0, 0.1) is 5.92 Å². The Hall–Kier alpha value is -0.600. The Morgan fingerprint density at radius 3 is 2.79 bits per heavy atom. The number of hydrogen-bond acceptors (Lipinski definition) is 6. The molecule has 2 heterocycles. The van der Waals surface area contributed by atoms with E-state index in [0.717, 1.165) is 63.3 Å². The zero-order chi connectivity index (χ0) is 19.8. The molecule has 3 aliphatic rings. The average molecular weight is 414 g/mol. The first-order valence-electron chi connectivity index (χ1n) is 10.8. The van der Waals surface area contributed by atoms with Gasteiger partial charge in [0, 0.05) is 56.0 Å². The van der Waals surface area contributed by atoms with Gasteiger partial charge in [0.05, 0.1) is 12.2 Å². The molecule has 6 nitrogen and oxygen atoms in total. The van der Waals surface area contributed by atoms with Gasteiger partial charge >= 0.3 is 5.97 Å². The van der Waals surface area contributed by atoms with Crippen molar-refractivity contribution >= 4 is 17.7 Å². The SMILES string of the molecule is O=C(O)CCC/C=C/CC1C(O)CC(OC2CCCCO2)C1N1CCSCC1. The van der Waals surface area contributed by atoms with Crippen LogP contribution in [0.2, 0.25) is 0 Å². The second-order valence-corrected chi connectivity index (χ2v) is 9.29. The van der Waals surface area contributed by atoms with Gasteiger partial charge in [-0.25, -0.2) is 0 Å². The molecular weight excluding hydrogens is 378 g/mol. The second-order valence-electron chi connectivity index (χ2n) is 8.07. The molecule has 3 rings (SSSR count). The number of carboxylic acid groups (broad SMARTS) is 1. The first-order valence-corrected chi connectivity index (χ1v) is 11.9. The molecule has 7 heteroatoms. The van der Waals surface area contributed by atoms with Crippen LogP contribution in [0.5, 0.6) is 0 Å². The summed E-state index contributed by atoms with van der Waals surface area (Å²) in [6.07, 6.45) is 10.1. The zero-order valence-electron chi connectivity index (χ0n) is 16.7. The minimum absolute atomic E-state index is 0.0200. The van der Waals surface area contributed by atoms with Crippen LogP contribution in [0.3, 0.4) is 0 Å². The number of aliphatic hydroxyl groups is 1. The first-order chi connectivity index (χ1) is 13.6. The standard InChI is InChI=1S/C21H35NO5S/c23-17-15-18(27-20-9-5-6-12-26-20)21(22-10-13-28-14-11-22)16(17)7-3-1-2-4-8-19(24)25/h1,3,16-18,20-21,23H,2,4-15H2,(H,24,25)/b3-1+. The highest BCUT2D eigenvalue weighted by Crippen LogP contribution is 2.37. The molecule has 0 spiro atoms. The summed E-state index contributed by atoms with van der Waals surface area (Å²) >= 11 is 1.99. The number of hydrogen-bond donors (Lipinski definition) is 2. The van der Waals surface area contributed by atoms with Crippen LogP contribution in [-0.2, 0) is 14.3 Å². The molecular formula is C21H35NO5S. The highest BCUT2D eigenvalue weighted by Gasteiger charge is 2.46. The lowest BCUT2D eigenvalue weighted by atomic mass is 9.95. The Kier molecular flexibility index (Phi) is 9.11. The summed E-state index contributed by atoms with van der Waals surface area (Å²) < 4.78 is 12.2. The summed E-state index contributed by atoms with van der Waals surface area (Å²) in [7, 11) is 0.